The van der Waals surface area contributed by atoms with E-state index in [1.807, 2.05) is 18.2 Å². The van der Waals surface area contributed by atoms with Gasteiger partial charge in [-0.1, -0.05) is 141 Å². The zero-order valence-electron chi connectivity index (χ0n) is 31.4. The summed E-state index contributed by atoms with van der Waals surface area (Å²) in [5.41, 5.74) is 13.9. The van der Waals surface area contributed by atoms with Gasteiger partial charge in [0.2, 0.25) is 0 Å². The van der Waals surface area contributed by atoms with Gasteiger partial charge in [0.15, 0.2) is 0 Å². The molecule has 0 spiro atoms. The predicted octanol–water partition coefficient (Wildman–Crippen LogP) is 15.2. The van der Waals surface area contributed by atoms with Gasteiger partial charge < -0.3 is 9.80 Å². The first-order valence-electron chi connectivity index (χ1n) is 19.3. The molecular weight excluding hydrogens is 677 g/mol. The van der Waals surface area contributed by atoms with E-state index in [2.05, 4.69) is 205 Å². The van der Waals surface area contributed by atoms with Crippen LogP contribution in [0.3, 0.4) is 0 Å². The molecule has 0 aliphatic heterocycles. The first-order valence-corrected chi connectivity index (χ1v) is 19.3. The minimum atomic E-state index is 0.957. The van der Waals surface area contributed by atoms with Gasteiger partial charge in [-0.2, -0.15) is 0 Å². The van der Waals surface area contributed by atoms with Gasteiger partial charge in [0.1, 0.15) is 0 Å². The topological polar surface area (TPSA) is 6.48 Å². The molecule has 2 heteroatoms. The van der Waals surface area contributed by atoms with Crippen molar-refractivity contribution in [3.8, 4) is 22.3 Å². The van der Waals surface area contributed by atoms with Crippen LogP contribution in [-0.2, 0) is 6.42 Å². The molecule has 0 unspecified atom stereocenters. The molecule has 0 N–H and O–H groups in total. The van der Waals surface area contributed by atoms with Crippen molar-refractivity contribution in [3.05, 3.63) is 230 Å². The quantitative estimate of drug-likeness (QED) is 0.103. The van der Waals surface area contributed by atoms with Crippen molar-refractivity contribution in [2.45, 2.75) is 12.8 Å². The van der Waals surface area contributed by atoms with E-state index in [9.17, 15) is 0 Å². The molecule has 2 nitrogen and oxygen atoms in total. The molecule has 1 aliphatic rings. The lowest BCUT2D eigenvalue weighted by molar-refractivity contribution is 1.00. The molecule has 56 heavy (non-hydrogen) atoms. The Morgan fingerprint density at radius 2 is 1.04 bits per heavy atom. The highest BCUT2D eigenvalue weighted by Crippen LogP contribution is 2.41. The van der Waals surface area contributed by atoms with Crippen LogP contribution in [0.4, 0.5) is 28.4 Å². The van der Waals surface area contributed by atoms with Gasteiger partial charge in [0, 0.05) is 34.1 Å². The third-order valence-electron chi connectivity index (χ3n) is 10.8. The summed E-state index contributed by atoms with van der Waals surface area (Å²) < 4.78 is 0. The van der Waals surface area contributed by atoms with Crippen LogP contribution in [0.2, 0.25) is 0 Å². The van der Waals surface area contributed by atoms with E-state index in [4.69, 9.17) is 0 Å². The Bertz CT molecular complexity index is 2760. The van der Waals surface area contributed by atoms with Crippen molar-refractivity contribution < 1.29 is 0 Å². The van der Waals surface area contributed by atoms with E-state index < -0.39 is 0 Å². The minimum absolute atomic E-state index is 0.957. The number of nitrogens with zero attached hydrogens (tertiary/aromatic N) is 2. The van der Waals surface area contributed by atoms with Gasteiger partial charge in [-0.05, 0) is 147 Å². The molecular formula is C54H42N2. The molecule has 0 fully saturated rings. The van der Waals surface area contributed by atoms with Crippen LogP contribution in [0.5, 0.6) is 0 Å². The lowest BCUT2D eigenvalue weighted by Crippen LogP contribution is -2.14. The molecule has 1 aliphatic carbocycles. The maximum atomic E-state index is 4.07. The van der Waals surface area contributed by atoms with Gasteiger partial charge in [0.05, 0.1) is 0 Å². The third-order valence-corrected chi connectivity index (χ3v) is 10.8. The van der Waals surface area contributed by atoms with E-state index >= 15 is 0 Å². The van der Waals surface area contributed by atoms with Gasteiger partial charge in [-0.25, -0.2) is 0 Å². The summed E-state index contributed by atoms with van der Waals surface area (Å²) in [5, 5.41) is 5.33. The number of allylic oxidation sites excluding steroid dienone is 4. The summed E-state index contributed by atoms with van der Waals surface area (Å²) in [4.78, 5) is 4.54. The lowest BCUT2D eigenvalue weighted by Gasteiger charge is -2.27. The zero-order valence-corrected chi connectivity index (χ0v) is 31.4. The highest BCUT2D eigenvalue weighted by Gasteiger charge is 2.18. The number of anilines is 5. The van der Waals surface area contributed by atoms with E-state index in [0.717, 1.165) is 58.1 Å². The first-order chi connectivity index (χ1) is 27.7. The lowest BCUT2D eigenvalue weighted by atomic mass is 9.86. The molecule has 0 saturated heterocycles. The van der Waals surface area contributed by atoms with Crippen LogP contribution >= 0.6 is 0 Å². The third kappa shape index (κ3) is 6.52. The molecule has 268 valence electrons. The van der Waals surface area contributed by atoms with Crippen molar-refractivity contribution in [2.24, 2.45) is 0 Å². The van der Waals surface area contributed by atoms with Crippen LogP contribution in [-0.4, -0.2) is 0 Å². The van der Waals surface area contributed by atoms with Crippen molar-refractivity contribution >= 4 is 56.1 Å². The second-order valence-corrected chi connectivity index (χ2v) is 14.2. The number of rotatable bonds is 10. The van der Waals surface area contributed by atoms with Crippen molar-refractivity contribution in [3.63, 3.8) is 0 Å². The average Bonchev–Trinajstić information content (AvgIpc) is 3.27. The molecule has 0 radical (unpaired) electrons. The summed E-state index contributed by atoms with van der Waals surface area (Å²) >= 11 is 0. The normalized spacial score (nSPS) is 12.3. The average molecular weight is 719 g/mol. The fourth-order valence-electron chi connectivity index (χ4n) is 8.19. The Labute approximate surface area is 329 Å². The maximum Gasteiger partial charge on any atom is 0.0467 e. The Kier molecular flexibility index (Phi) is 9.45. The highest BCUT2D eigenvalue weighted by atomic mass is 15.1. The van der Waals surface area contributed by atoms with E-state index in [-0.39, 0.29) is 0 Å². The second-order valence-electron chi connectivity index (χ2n) is 14.2. The molecule has 9 rings (SSSR count). The minimum Gasteiger partial charge on any atom is -0.311 e. The van der Waals surface area contributed by atoms with Crippen LogP contribution in [0.15, 0.2) is 219 Å². The molecule has 0 heterocycles. The Morgan fingerprint density at radius 3 is 1.73 bits per heavy atom. The summed E-state index contributed by atoms with van der Waals surface area (Å²) in [6.45, 7) is 8.00. The standard InChI is InChI=1S/C54H42N2/c1-3-16-43(4-2)55(44-18-7-5-8-19-44)46-32-27-39(28-33-46)40-29-34-47(35-30-40)56(45-20-9-6-10-21-45)48-22-15-17-41(37-48)42-31-36-53-51-25-12-11-23-49(51)50-24-13-14-26-52(50)54(53)38-42/h3-11,13-24,26-38H,1-2,12,25H2. The van der Waals surface area contributed by atoms with Crippen molar-refractivity contribution in [1.29, 1.82) is 0 Å². The van der Waals surface area contributed by atoms with Crippen LogP contribution in [0, 0.1) is 0 Å². The Morgan fingerprint density at radius 1 is 0.464 bits per heavy atom. The number of hydrogen-bond acceptors (Lipinski definition) is 2. The Hall–Kier alpha value is -7.16. The zero-order chi connectivity index (χ0) is 37.8. The van der Waals surface area contributed by atoms with Gasteiger partial charge in [-0.15, -0.1) is 0 Å². The maximum absolute atomic E-state index is 4.07. The summed E-state index contributed by atoms with van der Waals surface area (Å²) in [7, 11) is 0. The molecule has 0 bridgehead atoms. The van der Waals surface area contributed by atoms with Crippen LogP contribution < -0.4 is 9.80 Å². The largest absolute Gasteiger partial charge is 0.311 e. The van der Waals surface area contributed by atoms with Crippen LogP contribution in [0.25, 0.3) is 49.9 Å². The van der Waals surface area contributed by atoms with E-state index in [1.54, 1.807) is 6.08 Å². The molecule has 8 aromatic rings. The fourth-order valence-corrected chi connectivity index (χ4v) is 8.19. The predicted molar refractivity (Wildman–Crippen MR) is 241 cm³/mol. The summed E-state index contributed by atoms with van der Waals surface area (Å²) in [6, 6.07) is 63.4. The van der Waals surface area contributed by atoms with Gasteiger partial charge in [0.25, 0.3) is 0 Å². The molecule has 0 atom stereocenters. The Balaban J connectivity index is 1.06. The monoisotopic (exact) mass is 718 g/mol. The fraction of sp³-hybridized carbons (Fsp3) is 0.0370. The van der Waals surface area contributed by atoms with Crippen molar-refractivity contribution in [1.82, 2.24) is 0 Å². The van der Waals surface area contributed by atoms with Gasteiger partial charge in [-0.3, -0.25) is 0 Å². The number of aryl methyl sites for hydroxylation is 1. The summed E-state index contributed by atoms with van der Waals surface area (Å²) in [5.74, 6) is 0. The molecule has 0 amide bonds. The summed E-state index contributed by atoms with van der Waals surface area (Å²) in [6.07, 6.45) is 12.4. The number of fused-ring (bicyclic) bond motifs is 6. The van der Waals surface area contributed by atoms with Gasteiger partial charge >= 0.3 is 0 Å². The number of hydrogen-bond donors (Lipinski definition) is 0. The molecule has 8 aromatic carbocycles. The highest BCUT2D eigenvalue weighted by molar-refractivity contribution is 6.14. The molecule has 0 saturated carbocycles. The number of benzene rings is 8. The van der Waals surface area contributed by atoms with Crippen LogP contribution in [0.1, 0.15) is 17.5 Å². The molecule has 0 aromatic heterocycles. The van der Waals surface area contributed by atoms with E-state index in [1.165, 1.54) is 43.8 Å². The second kappa shape index (κ2) is 15.3. The first kappa shape index (κ1) is 34.6. The van der Waals surface area contributed by atoms with E-state index in [0.29, 0.717) is 0 Å². The van der Waals surface area contributed by atoms with Crippen molar-refractivity contribution in [2.75, 3.05) is 9.80 Å². The number of para-hydroxylation sites is 2. The SMILES string of the molecule is C=CC=C(C=C)N(c1ccccc1)c1ccc(-c2ccc(N(c3ccccc3)c3cccc(-c4ccc5c6c(c7ccccc7c5c4)C=CCC6)c3)cc2)cc1. The smallest absolute Gasteiger partial charge is 0.0467 e.